The number of benzene rings is 2. The van der Waals surface area contributed by atoms with E-state index in [-0.39, 0.29) is 18.1 Å². The largest absolute Gasteiger partial charge is 0.493 e. The maximum Gasteiger partial charge on any atom is 0.338 e. The Kier molecular flexibility index (Phi) is 10.7. The van der Waals surface area contributed by atoms with E-state index in [4.69, 9.17) is 28.7 Å². The fourth-order valence-corrected chi connectivity index (χ4v) is 5.87. The number of hydrogen-bond donors (Lipinski definition) is 0. The van der Waals surface area contributed by atoms with Crippen LogP contribution in [0.3, 0.4) is 0 Å². The van der Waals surface area contributed by atoms with Gasteiger partial charge in [0.25, 0.3) is 5.56 Å². The van der Waals surface area contributed by atoms with E-state index in [0.717, 1.165) is 24.8 Å². The van der Waals surface area contributed by atoms with Gasteiger partial charge in [-0.3, -0.25) is 9.36 Å². The lowest BCUT2D eigenvalue weighted by molar-refractivity contribution is -0.140. The summed E-state index contributed by atoms with van der Waals surface area (Å²) < 4.78 is 30.2. The topological polar surface area (TPSA) is 97.6 Å². The number of rotatable bonds is 13. The molecule has 2 heterocycles. The van der Waals surface area contributed by atoms with Gasteiger partial charge in [-0.25, -0.2) is 9.79 Å². The van der Waals surface area contributed by atoms with Crippen molar-refractivity contribution in [3.8, 4) is 23.0 Å². The first-order valence-electron chi connectivity index (χ1n) is 14.4. The zero-order valence-electron chi connectivity index (χ0n) is 25.9. The predicted molar refractivity (Wildman–Crippen MR) is 167 cm³/mol. The van der Waals surface area contributed by atoms with Crippen LogP contribution in [0, 0.1) is 5.92 Å². The molecule has 9 nitrogen and oxygen atoms in total. The molecule has 10 heteroatoms. The van der Waals surface area contributed by atoms with E-state index in [0.29, 0.717) is 55.8 Å². The molecule has 230 valence electrons. The van der Waals surface area contributed by atoms with E-state index in [1.165, 1.54) is 11.3 Å². The number of fused-ring (bicyclic) bond motifs is 1. The van der Waals surface area contributed by atoms with Crippen molar-refractivity contribution in [1.82, 2.24) is 4.57 Å². The van der Waals surface area contributed by atoms with E-state index >= 15 is 0 Å². The molecule has 0 radical (unpaired) electrons. The SMILES string of the molecule is CCCCCOc1ccc(C2C(C(=O)OCC(C)C)=C(C)N=c3s/c(=C\c4ccc(OC)c(OC)c4)c(=O)n32)cc1OC. The van der Waals surface area contributed by atoms with Crippen molar-refractivity contribution in [2.45, 2.75) is 53.0 Å². The van der Waals surface area contributed by atoms with Crippen LogP contribution in [-0.4, -0.2) is 45.1 Å². The number of ether oxygens (including phenoxy) is 5. The Bertz CT molecular complexity index is 1670. The number of carbonyl (C=O) groups excluding carboxylic acids is 1. The van der Waals surface area contributed by atoms with Crippen molar-refractivity contribution in [3.63, 3.8) is 0 Å². The minimum atomic E-state index is -0.772. The number of esters is 1. The maximum atomic E-state index is 14.0. The van der Waals surface area contributed by atoms with Crippen LogP contribution in [0.25, 0.3) is 6.08 Å². The molecule has 1 unspecified atom stereocenters. The minimum Gasteiger partial charge on any atom is -0.493 e. The minimum absolute atomic E-state index is 0.148. The monoisotopic (exact) mass is 608 g/mol. The molecule has 1 aliphatic rings. The number of unbranched alkanes of at least 4 members (excludes halogenated alkanes) is 2. The molecular formula is C33H40N2O7S. The summed E-state index contributed by atoms with van der Waals surface area (Å²) >= 11 is 1.26. The van der Waals surface area contributed by atoms with Gasteiger partial charge in [0.1, 0.15) is 0 Å². The molecule has 0 amide bonds. The van der Waals surface area contributed by atoms with E-state index in [1.54, 1.807) is 51.0 Å². The van der Waals surface area contributed by atoms with Gasteiger partial charge in [-0.15, -0.1) is 0 Å². The predicted octanol–water partition coefficient (Wildman–Crippen LogP) is 5.03. The molecule has 0 aliphatic carbocycles. The molecule has 0 N–H and O–H groups in total. The Morgan fingerprint density at radius 1 is 1.00 bits per heavy atom. The molecule has 2 aromatic carbocycles. The number of aromatic nitrogens is 1. The van der Waals surface area contributed by atoms with Crippen LogP contribution in [-0.2, 0) is 9.53 Å². The van der Waals surface area contributed by atoms with Crippen molar-refractivity contribution >= 4 is 23.4 Å². The smallest absolute Gasteiger partial charge is 0.338 e. The molecule has 4 rings (SSSR count). The second kappa shape index (κ2) is 14.4. The molecule has 0 fully saturated rings. The van der Waals surface area contributed by atoms with Crippen molar-refractivity contribution in [1.29, 1.82) is 0 Å². The molecule has 1 atom stereocenters. The molecule has 0 bridgehead atoms. The fourth-order valence-electron chi connectivity index (χ4n) is 4.82. The van der Waals surface area contributed by atoms with Gasteiger partial charge in [0.2, 0.25) is 0 Å². The first-order chi connectivity index (χ1) is 20.7. The van der Waals surface area contributed by atoms with Gasteiger partial charge >= 0.3 is 5.97 Å². The quantitative estimate of drug-likeness (QED) is 0.198. The van der Waals surface area contributed by atoms with Gasteiger partial charge < -0.3 is 23.7 Å². The average molecular weight is 609 g/mol. The fraction of sp³-hybridized carbons (Fsp3) is 0.424. The van der Waals surface area contributed by atoms with Crippen LogP contribution in [0.1, 0.15) is 64.1 Å². The third-order valence-corrected chi connectivity index (χ3v) is 7.99. The summed E-state index contributed by atoms with van der Waals surface area (Å²) in [5, 5.41) is 0. The molecule has 1 aliphatic heterocycles. The van der Waals surface area contributed by atoms with Crippen molar-refractivity contribution in [3.05, 3.63) is 78.5 Å². The molecule has 3 aromatic rings. The first kappa shape index (κ1) is 31.9. The van der Waals surface area contributed by atoms with Gasteiger partial charge in [-0.1, -0.05) is 57.1 Å². The second-order valence-corrected chi connectivity index (χ2v) is 11.7. The zero-order valence-corrected chi connectivity index (χ0v) is 26.7. The summed E-state index contributed by atoms with van der Waals surface area (Å²) in [6.07, 6.45) is 4.89. The number of thiazole rings is 1. The van der Waals surface area contributed by atoms with E-state index in [9.17, 15) is 9.59 Å². The highest BCUT2D eigenvalue weighted by Gasteiger charge is 2.34. The van der Waals surface area contributed by atoms with Gasteiger partial charge in [-0.2, -0.15) is 0 Å². The Morgan fingerprint density at radius 2 is 1.70 bits per heavy atom. The van der Waals surface area contributed by atoms with Crippen molar-refractivity contribution in [2.75, 3.05) is 34.5 Å². The highest BCUT2D eigenvalue weighted by atomic mass is 32.1. The van der Waals surface area contributed by atoms with E-state index in [1.807, 2.05) is 38.1 Å². The Hall–Kier alpha value is -4.05. The molecule has 0 saturated carbocycles. The molecule has 0 spiro atoms. The summed E-state index contributed by atoms with van der Waals surface area (Å²) in [7, 11) is 4.71. The number of methoxy groups -OCH3 is 3. The summed E-state index contributed by atoms with van der Waals surface area (Å²) in [5.74, 6) is 1.91. The standard InChI is InChI=1S/C33H40N2O7S/c1-8-9-10-15-41-25-14-12-23(18-27(25)40-7)30-29(32(37)42-19-20(2)3)21(4)34-33-35(30)31(36)28(43-33)17-22-11-13-24(38-5)26(16-22)39-6/h11-14,16-18,20,30H,8-10,15,19H2,1-7H3/b28-17-. The molecule has 43 heavy (non-hydrogen) atoms. The number of hydrogen-bond acceptors (Lipinski definition) is 9. The van der Waals surface area contributed by atoms with E-state index in [2.05, 4.69) is 6.92 Å². The Balaban J connectivity index is 1.85. The lowest BCUT2D eigenvalue weighted by Crippen LogP contribution is -2.40. The number of allylic oxidation sites excluding steroid dienone is 1. The van der Waals surface area contributed by atoms with Crippen LogP contribution < -0.4 is 33.8 Å². The van der Waals surface area contributed by atoms with Crippen LogP contribution in [0.4, 0.5) is 0 Å². The average Bonchev–Trinajstić information content (AvgIpc) is 3.30. The number of carbonyl (C=O) groups is 1. The molecule has 1 aromatic heterocycles. The maximum absolute atomic E-state index is 14.0. The summed E-state index contributed by atoms with van der Waals surface area (Å²) in [6.45, 7) is 8.68. The van der Waals surface area contributed by atoms with Gasteiger partial charge in [-0.05, 0) is 60.7 Å². The van der Waals surface area contributed by atoms with E-state index < -0.39 is 12.0 Å². The van der Waals surface area contributed by atoms with Gasteiger partial charge in [0, 0.05) is 0 Å². The van der Waals surface area contributed by atoms with Crippen LogP contribution in [0.2, 0.25) is 0 Å². The van der Waals surface area contributed by atoms with Crippen molar-refractivity contribution < 1.29 is 28.5 Å². The van der Waals surface area contributed by atoms with Crippen LogP contribution >= 0.6 is 11.3 Å². The molecular weight excluding hydrogens is 568 g/mol. The van der Waals surface area contributed by atoms with Gasteiger partial charge in [0.05, 0.1) is 56.4 Å². The first-order valence-corrected chi connectivity index (χ1v) is 15.3. The lowest BCUT2D eigenvalue weighted by Gasteiger charge is -2.25. The Morgan fingerprint density at radius 3 is 2.37 bits per heavy atom. The lowest BCUT2D eigenvalue weighted by atomic mass is 9.95. The second-order valence-electron chi connectivity index (χ2n) is 10.7. The number of nitrogens with zero attached hydrogens (tertiary/aromatic N) is 2. The van der Waals surface area contributed by atoms with Crippen molar-refractivity contribution in [2.24, 2.45) is 10.9 Å². The summed E-state index contributed by atoms with van der Waals surface area (Å²) in [4.78, 5) is 32.7. The molecule has 0 saturated heterocycles. The van der Waals surface area contributed by atoms with Gasteiger partial charge in [0.15, 0.2) is 27.8 Å². The normalized spacial score (nSPS) is 14.8. The summed E-state index contributed by atoms with van der Waals surface area (Å²) in [5.41, 5.74) is 1.98. The zero-order chi connectivity index (χ0) is 31.1. The third kappa shape index (κ3) is 7.13. The highest BCUT2D eigenvalue weighted by Crippen LogP contribution is 2.36. The Labute approximate surface area is 256 Å². The third-order valence-electron chi connectivity index (χ3n) is 7.00. The van der Waals surface area contributed by atoms with Crippen LogP contribution in [0.15, 0.2) is 57.5 Å². The summed E-state index contributed by atoms with van der Waals surface area (Å²) in [6, 6.07) is 10.2. The van der Waals surface area contributed by atoms with Crippen LogP contribution in [0.5, 0.6) is 23.0 Å². The highest BCUT2D eigenvalue weighted by molar-refractivity contribution is 7.07.